The van der Waals surface area contributed by atoms with E-state index in [1.54, 1.807) is 31.3 Å². The second-order valence-corrected chi connectivity index (χ2v) is 4.12. The summed E-state index contributed by atoms with van der Waals surface area (Å²) in [5, 5.41) is 22.7. The van der Waals surface area contributed by atoms with Crippen LogP contribution in [0, 0.1) is 0 Å². The van der Waals surface area contributed by atoms with Gasteiger partial charge in [-0.1, -0.05) is 0 Å². The van der Waals surface area contributed by atoms with Crippen molar-refractivity contribution in [2.24, 2.45) is 0 Å². The van der Waals surface area contributed by atoms with Gasteiger partial charge < -0.3 is 20.8 Å². The number of amides is 1. The first-order chi connectivity index (χ1) is 9.43. The van der Waals surface area contributed by atoms with Crippen LogP contribution in [0.4, 0.5) is 5.69 Å². The molecule has 0 aromatic heterocycles. The van der Waals surface area contributed by atoms with Crippen molar-refractivity contribution in [2.45, 2.75) is 18.9 Å². The van der Waals surface area contributed by atoms with Gasteiger partial charge in [-0.3, -0.25) is 9.59 Å². The molecular formula is C13H16N2O5Zn. The van der Waals surface area contributed by atoms with Crippen LogP contribution in [-0.4, -0.2) is 41.1 Å². The van der Waals surface area contributed by atoms with Crippen molar-refractivity contribution in [3.05, 3.63) is 29.8 Å². The summed E-state index contributed by atoms with van der Waals surface area (Å²) in [5.74, 6) is -2.92. The molecule has 0 bridgehead atoms. The molecule has 0 aliphatic rings. The Kier molecular flexibility index (Phi) is 8.23. The second kappa shape index (κ2) is 9.07. The zero-order valence-electron chi connectivity index (χ0n) is 11.6. The van der Waals surface area contributed by atoms with Crippen LogP contribution in [0.5, 0.6) is 0 Å². The summed E-state index contributed by atoms with van der Waals surface area (Å²) in [4.78, 5) is 33.3. The summed E-state index contributed by atoms with van der Waals surface area (Å²) in [6, 6.07) is 5.25. The Morgan fingerprint density at radius 2 is 1.71 bits per heavy atom. The van der Waals surface area contributed by atoms with Crippen molar-refractivity contribution in [3.8, 4) is 0 Å². The Labute approximate surface area is 134 Å². The van der Waals surface area contributed by atoms with Crippen molar-refractivity contribution >= 4 is 23.5 Å². The van der Waals surface area contributed by atoms with Crippen LogP contribution >= 0.6 is 0 Å². The molecule has 21 heavy (non-hydrogen) atoms. The molecule has 0 saturated heterocycles. The fourth-order valence-corrected chi connectivity index (χ4v) is 1.56. The molecule has 0 fully saturated rings. The zero-order chi connectivity index (χ0) is 15.1. The second-order valence-electron chi connectivity index (χ2n) is 4.12. The van der Waals surface area contributed by atoms with Crippen LogP contribution in [0.25, 0.3) is 0 Å². The van der Waals surface area contributed by atoms with E-state index < -0.39 is 23.9 Å². The van der Waals surface area contributed by atoms with Gasteiger partial charge in [-0.2, -0.15) is 0 Å². The van der Waals surface area contributed by atoms with E-state index in [0.717, 1.165) is 5.69 Å². The molecule has 1 atom stereocenters. The largest absolute Gasteiger partial charge is 0.481 e. The molecule has 0 heterocycles. The van der Waals surface area contributed by atoms with Crippen LogP contribution < -0.4 is 10.6 Å². The number of nitrogens with one attached hydrogen (secondary N) is 2. The maximum absolute atomic E-state index is 11.9. The van der Waals surface area contributed by atoms with Gasteiger partial charge in [0.1, 0.15) is 6.04 Å². The summed E-state index contributed by atoms with van der Waals surface area (Å²) in [7, 11) is 1.74. The molecule has 0 radical (unpaired) electrons. The summed E-state index contributed by atoms with van der Waals surface area (Å²) in [5.41, 5.74) is 1.13. The van der Waals surface area contributed by atoms with E-state index in [-0.39, 0.29) is 32.3 Å². The molecule has 0 aliphatic heterocycles. The van der Waals surface area contributed by atoms with E-state index >= 15 is 0 Å². The fraction of sp³-hybridized carbons (Fsp3) is 0.308. The predicted molar refractivity (Wildman–Crippen MR) is 71.7 cm³/mol. The molecule has 1 amide bonds. The molecule has 0 spiro atoms. The van der Waals surface area contributed by atoms with Gasteiger partial charge in [-0.05, 0) is 30.7 Å². The first-order valence-corrected chi connectivity index (χ1v) is 5.97. The number of carboxylic acids is 2. The fourth-order valence-electron chi connectivity index (χ4n) is 1.56. The molecule has 1 aromatic rings. The van der Waals surface area contributed by atoms with E-state index in [1.165, 1.54) is 0 Å². The Morgan fingerprint density at radius 1 is 1.14 bits per heavy atom. The third kappa shape index (κ3) is 6.36. The molecule has 1 rings (SSSR count). The standard InChI is InChI=1S/C13H16N2O5.Zn/c1-14-9-4-2-8(3-5-9)12(18)15-10(13(19)20)6-7-11(16)17;/h2-5,10,14H,6-7H2,1H3,(H,15,18)(H,16,17)(H,19,20);/t10-;/m0./s1. The van der Waals surface area contributed by atoms with Crippen LogP contribution in [-0.2, 0) is 29.1 Å². The third-order valence-corrected chi connectivity index (χ3v) is 2.69. The minimum Gasteiger partial charge on any atom is -0.481 e. The average Bonchev–Trinajstić information content (AvgIpc) is 2.42. The van der Waals surface area contributed by atoms with Gasteiger partial charge >= 0.3 is 11.9 Å². The van der Waals surface area contributed by atoms with Gasteiger partial charge in [0.2, 0.25) is 0 Å². The molecule has 7 nitrogen and oxygen atoms in total. The van der Waals surface area contributed by atoms with Crippen LogP contribution in [0.2, 0.25) is 0 Å². The summed E-state index contributed by atoms with van der Waals surface area (Å²) in [6.07, 6.45) is -0.485. The van der Waals surface area contributed by atoms with Crippen molar-refractivity contribution in [1.82, 2.24) is 5.32 Å². The molecule has 110 valence electrons. The van der Waals surface area contributed by atoms with E-state index in [1.807, 2.05) is 0 Å². The Balaban J connectivity index is 0.00000400. The van der Waals surface area contributed by atoms with Gasteiger partial charge in [0.05, 0.1) is 0 Å². The van der Waals surface area contributed by atoms with E-state index in [2.05, 4.69) is 10.6 Å². The molecule has 4 N–H and O–H groups in total. The topological polar surface area (TPSA) is 116 Å². The van der Waals surface area contributed by atoms with Gasteiger partial charge in [0.25, 0.3) is 5.91 Å². The Hall–Kier alpha value is -1.95. The molecular weight excluding hydrogens is 330 g/mol. The SMILES string of the molecule is CNc1ccc(C(=O)N[C@@H](CCC(=O)O)C(=O)O)cc1.[Zn]. The van der Waals surface area contributed by atoms with Crippen molar-refractivity contribution < 1.29 is 44.1 Å². The minimum atomic E-state index is -1.26. The van der Waals surface area contributed by atoms with Gasteiger partial charge in [-0.25, -0.2) is 4.79 Å². The summed E-state index contributed by atoms with van der Waals surface area (Å²) < 4.78 is 0. The number of anilines is 1. The summed E-state index contributed by atoms with van der Waals surface area (Å²) >= 11 is 0. The van der Waals surface area contributed by atoms with Crippen LogP contribution in [0.1, 0.15) is 23.2 Å². The smallest absolute Gasteiger partial charge is 0.326 e. The number of rotatable bonds is 7. The molecule has 1 aromatic carbocycles. The van der Waals surface area contributed by atoms with E-state index in [4.69, 9.17) is 10.2 Å². The Bertz CT molecular complexity index is 504. The number of hydrogen-bond acceptors (Lipinski definition) is 4. The quantitative estimate of drug-likeness (QED) is 0.543. The van der Waals surface area contributed by atoms with Gasteiger partial charge in [-0.15, -0.1) is 0 Å². The molecule has 0 saturated carbocycles. The van der Waals surface area contributed by atoms with Gasteiger partial charge in [0.15, 0.2) is 0 Å². The third-order valence-electron chi connectivity index (χ3n) is 2.69. The predicted octanol–water partition coefficient (Wildman–Crippen LogP) is 0.774. The normalized spacial score (nSPS) is 10.9. The van der Waals surface area contributed by atoms with Crippen molar-refractivity contribution in [1.29, 1.82) is 0 Å². The van der Waals surface area contributed by atoms with E-state index in [0.29, 0.717) is 5.56 Å². The zero-order valence-corrected chi connectivity index (χ0v) is 14.6. The number of hydrogen-bond donors (Lipinski definition) is 4. The Morgan fingerprint density at radius 3 is 2.14 bits per heavy atom. The number of carboxylic acid groups (broad SMARTS) is 2. The number of carbonyl (C=O) groups is 3. The number of carbonyl (C=O) groups excluding carboxylic acids is 1. The molecule has 0 unspecified atom stereocenters. The van der Waals surface area contributed by atoms with Crippen LogP contribution in [0.3, 0.4) is 0 Å². The first kappa shape index (κ1) is 19.1. The average molecular weight is 346 g/mol. The molecule has 8 heteroatoms. The van der Waals surface area contributed by atoms with Gasteiger partial charge in [0, 0.05) is 44.2 Å². The first-order valence-electron chi connectivity index (χ1n) is 5.97. The van der Waals surface area contributed by atoms with Crippen molar-refractivity contribution in [3.63, 3.8) is 0 Å². The maximum Gasteiger partial charge on any atom is 0.326 e. The monoisotopic (exact) mass is 344 g/mol. The number of aliphatic carboxylic acids is 2. The number of benzene rings is 1. The van der Waals surface area contributed by atoms with Crippen LogP contribution in [0.15, 0.2) is 24.3 Å². The molecule has 0 aliphatic carbocycles. The van der Waals surface area contributed by atoms with E-state index in [9.17, 15) is 14.4 Å². The van der Waals surface area contributed by atoms with Crippen molar-refractivity contribution in [2.75, 3.05) is 12.4 Å². The maximum atomic E-state index is 11.9. The minimum absolute atomic E-state index is 0. The summed E-state index contributed by atoms with van der Waals surface area (Å²) in [6.45, 7) is 0.